The Morgan fingerprint density at radius 2 is 0.505 bits per heavy atom. The molecule has 0 bridgehead atoms. The van der Waals surface area contributed by atoms with E-state index < -0.39 is 71.0 Å². The molecule has 41 heteroatoms. The number of imide groups is 4. The van der Waals surface area contributed by atoms with Crippen molar-refractivity contribution in [2.45, 2.75) is 287 Å². The number of hydrogen-bond acceptors (Lipinski definition) is 22. The third-order valence-corrected chi connectivity index (χ3v) is 10.8. The highest BCUT2D eigenvalue weighted by Crippen LogP contribution is 2.39. The van der Waals surface area contributed by atoms with E-state index in [0.29, 0.717) is 23.2 Å². The molecule has 4 aliphatic rings. The third-order valence-electron chi connectivity index (χ3n) is 7.19. The Hall–Kier alpha value is -4.53. The van der Waals surface area contributed by atoms with E-state index in [4.69, 9.17) is 29.4 Å². The number of hydroxylamine groups is 4. The minimum absolute atomic E-state index is 0. The summed E-state index contributed by atoms with van der Waals surface area (Å²) in [7, 11) is -14.5. The SMILES string of the molecule is CC.CC.CC.CC.CC.CC.CC.CC.CC.CC.CC.CCC.CCC.CCC(=O)ON1C(=O)CCC1=O.CCC(=O)ON1C(=O)CCC1=O.CCN1C(=O)C=CC1=O.CCN1C(=O)C=CC1=O.CCP(=O)(O)OO.CCP(=O)(O)OO.CCS(=O)(=O)O.CCS(=O)(=O)O.[B].[B].[B].[B].[B].[B].[B]. The molecule has 4 heterocycles. The van der Waals surface area contributed by atoms with Gasteiger partial charge in [0, 0.05) is 147 Å². The van der Waals surface area contributed by atoms with Crippen molar-refractivity contribution in [1.82, 2.24) is 19.9 Å². The first kappa shape index (κ1) is 169. The molecular formula is C62H140B7N4O26P2S2. The van der Waals surface area contributed by atoms with Crippen LogP contribution in [0.1, 0.15) is 287 Å². The predicted octanol–water partition coefficient (Wildman–Crippen LogP) is 12.5. The van der Waals surface area contributed by atoms with Crippen LogP contribution in [0.5, 0.6) is 0 Å². The molecule has 607 valence electrons. The normalized spacial score (nSPS) is 11.9. The van der Waals surface area contributed by atoms with Gasteiger partial charge in [0.25, 0.3) is 67.5 Å². The first-order valence-corrected chi connectivity index (χ1v) is 40.1. The van der Waals surface area contributed by atoms with E-state index in [2.05, 4.69) is 46.7 Å². The van der Waals surface area contributed by atoms with E-state index >= 15 is 0 Å². The molecule has 103 heavy (non-hydrogen) atoms. The van der Waals surface area contributed by atoms with Gasteiger partial charge in [-0.25, -0.2) is 20.1 Å². The zero-order valence-electron chi connectivity index (χ0n) is 69.6. The summed E-state index contributed by atoms with van der Waals surface area (Å²) in [5, 5.41) is 16.3. The number of likely N-dealkylation sites (N-methyl/N-ethyl adjacent to an activating group) is 2. The second-order valence-corrected chi connectivity index (χ2v) is 21.2. The van der Waals surface area contributed by atoms with Crippen LogP contribution >= 0.6 is 15.2 Å². The molecular weight excluding hydrogens is 1420 g/mol. The van der Waals surface area contributed by atoms with Crippen molar-refractivity contribution in [3.05, 3.63) is 24.3 Å². The van der Waals surface area contributed by atoms with Crippen molar-refractivity contribution < 1.29 is 122 Å². The van der Waals surface area contributed by atoms with Gasteiger partial charge in [-0.05, 0) is 27.7 Å². The summed E-state index contributed by atoms with van der Waals surface area (Å²) in [6.07, 6.45) is 8.34. The summed E-state index contributed by atoms with van der Waals surface area (Å²) in [6, 6.07) is 0. The van der Waals surface area contributed by atoms with Gasteiger partial charge in [-0.3, -0.25) is 66.4 Å². The summed E-state index contributed by atoms with van der Waals surface area (Å²) < 4.78 is 80.3. The number of nitrogens with zero attached hydrogens (tertiary/aromatic N) is 4. The second-order valence-electron chi connectivity index (χ2n) is 13.5. The molecule has 2 fully saturated rings. The average molecular weight is 1560 g/mol. The van der Waals surface area contributed by atoms with Crippen LogP contribution < -0.4 is 0 Å². The van der Waals surface area contributed by atoms with E-state index in [0.717, 1.165) is 0 Å². The second kappa shape index (κ2) is 130. The van der Waals surface area contributed by atoms with Crippen LogP contribution in [0.2, 0.25) is 0 Å². The zero-order valence-corrected chi connectivity index (χ0v) is 73.0. The first-order valence-electron chi connectivity index (χ1n) is 33.4. The largest absolute Gasteiger partial charge is 0.355 e. The van der Waals surface area contributed by atoms with E-state index in [1.807, 2.05) is 152 Å². The molecule has 0 aliphatic carbocycles. The van der Waals surface area contributed by atoms with Gasteiger partial charge in [0.15, 0.2) is 0 Å². The van der Waals surface area contributed by atoms with Crippen molar-refractivity contribution in [3.63, 3.8) is 0 Å². The van der Waals surface area contributed by atoms with Crippen LogP contribution in [0, 0.1) is 0 Å². The maximum atomic E-state index is 10.9. The molecule has 0 saturated carbocycles. The minimum atomic E-state index is -3.66. The highest BCUT2D eigenvalue weighted by molar-refractivity contribution is 7.86. The number of hydrogen-bond donors (Lipinski definition) is 6. The molecule has 6 N–H and O–H groups in total. The molecule has 4 rings (SSSR count). The quantitative estimate of drug-likeness (QED) is 0.0264. The molecule has 8 amide bonds. The Morgan fingerprint density at radius 1 is 0.369 bits per heavy atom. The maximum Gasteiger partial charge on any atom is 0.355 e. The molecule has 0 aromatic heterocycles. The fraction of sp³-hybridized carbons (Fsp3) is 0.774. The number of amides is 8. The molecule has 2 unspecified atom stereocenters. The highest BCUT2D eigenvalue weighted by Gasteiger charge is 2.33. The van der Waals surface area contributed by atoms with Crippen molar-refractivity contribution >= 4 is 154 Å². The monoisotopic (exact) mass is 1560 g/mol. The van der Waals surface area contributed by atoms with Gasteiger partial charge in [-0.2, -0.15) is 26.2 Å². The topological polar surface area (TPSA) is 444 Å². The Bertz CT molecular complexity index is 1990. The van der Waals surface area contributed by atoms with Gasteiger partial charge in [-0.15, -0.1) is 10.1 Å². The van der Waals surface area contributed by atoms with Crippen LogP contribution in [-0.4, -0.2) is 221 Å². The number of carbonyl (C=O) groups is 10. The van der Waals surface area contributed by atoms with Crippen molar-refractivity contribution in [2.75, 3.05) is 36.9 Å². The Kier molecular flexibility index (Phi) is 213. The highest BCUT2D eigenvalue weighted by atomic mass is 32.2. The van der Waals surface area contributed by atoms with Gasteiger partial charge in [0.1, 0.15) is 0 Å². The van der Waals surface area contributed by atoms with E-state index in [9.17, 15) is 73.9 Å². The molecule has 30 nitrogen and oxygen atoms in total. The fourth-order valence-corrected chi connectivity index (χ4v) is 3.48. The molecule has 0 aromatic rings. The minimum Gasteiger partial charge on any atom is -0.330 e. The fourth-order valence-electron chi connectivity index (χ4n) is 3.25. The van der Waals surface area contributed by atoms with Gasteiger partial charge in [0.2, 0.25) is 0 Å². The molecule has 21 radical (unpaired) electrons. The number of rotatable bonds is 12. The van der Waals surface area contributed by atoms with E-state index in [1.165, 1.54) is 74.6 Å². The molecule has 0 aromatic carbocycles. The third kappa shape index (κ3) is 134. The first-order chi connectivity index (χ1) is 45.0. The lowest BCUT2D eigenvalue weighted by atomic mass is 10.4. The van der Waals surface area contributed by atoms with Crippen LogP contribution in [0.15, 0.2) is 24.3 Å². The average Bonchev–Trinajstić information content (AvgIpc) is 1.77. The lowest BCUT2D eigenvalue weighted by molar-refractivity contribution is -0.197. The van der Waals surface area contributed by atoms with Crippen molar-refractivity contribution in [1.29, 1.82) is 0 Å². The standard InChI is InChI=1S/2C7H9NO4.2C6H7NO2.2C3H8.2C2H7O4P.2C2H6O3S.11C2H6.7B/c2*1-2-7(11)12-8-5(9)3-4-6(8)10;2*1-2-7-5(8)3-4-6(7)9;2*1-3-2;2*1-2-7(4,5)6-3;2*1-2-6(3,4)5;11*1-2;;;;;;;/h2*2-4H2,1H3;2*3-4H,2H2,1H3;2*3H2,1-2H3;2*3H,2H2,1H3,(H,4,5);2*2H2,1H3,(H,3,4,5);11*1-2H3;;;;;;;. The smallest absolute Gasteiger partial charge is 0.330 e. The van der Waals surface area contributed by atoms with E-state index in [-0.39, 0.29) is 145 Å². The predicted molar refractivity (Wildman–Crippen MR) is 427 cm³/mol. The van der Waals surface area contributed by atoms with Crippen LogP contribution in [-0.2, 0) is 96.3 Å². The van der Waals surface area contributed by atoms with Gasteiger partial charge < -0.3 is 19.5 Å². The van der Waals surface area contributed by atoms with Gasteiger partial charge >= 0.3 is 27.1 Å². The Labute approximate surface area is 640 Å². The van der Waals surface area contributed by atoms with Crippen LogP contribution in [0.4, 0.5) is 0 Å². The molecule has 0 spiro atoms. The van der Waals surface area contributed by atoms with Gasteiger partial charge in [0.05, 0.1) is 11.5 Å². The van der Waals surface area contributed by atoms with Crippen LogP contribution in [0.25, 0.3) is 0 Å². The lowest BCUT2D eigenvalue weighted by Gasteiger charge is -2.10. The van der Waals surface area contributed by atoms with Crippen molar-refractivity contribution in [2.24, 2.45) is 0 Å². The maximum absolute atomic E-state index is 10.9. The number of carbonyl (C=O) groups excluding carboxylic acids is 10. The Balaban J connectivity index is -0.0000000299. The summed E-state index contributed by atoms with van der Waals surface area (Å²) in [5.74, 6) is -4.14. The molecule has 2 atom stereocenters. The lowest BCUT2D eigenvalue weighted by Crippen LogP contribution is -2.31. The van der Waals surface area contributed by atoms with Crippen molar-refractivity contribution in [3.8, 4) is 0 Å². The summed E-state index contributed by atoms with van der Waals surface area (Å²) >= 11 is 0. The summed E-state index contributed by atoms with van der Waals surface area (Å²) in [4.78, 5) is 135. The summed E-state index contributed by atoms with van der Waals surface area (Å²) in [6.45, 7) is 65.8. The van der Waals surface area contributed by atoms with E-state index in [1.54, 1.807) is 27.7 Å². The van der Waals surface area contributed by atoms with Crippen LogP contribution in [0.3, 0.4) is 0 Å². The molecule has 4 aliphatic heterocycles. The Morgan fingerprint density at radius 3 is 0.573 bits per heavy atom. The molecule has 2 saturated heterocycles. The zero-order chi connectivity index (χ0) is 81.6. The van der Waals surface area contributed by atoms with Gasteiger partial charge in [-0.1, -0.05) is 221 Å². The summed E-state index contributed by atoms with van der Waals surface area (Å²) in [5.41, 5.74) is 0.